The molecule has 0 spiro atoms. The van der Waals surface area contributed by atoms with Gasteiger partial charge in [-0.1, -0.05) is 12.1 Å². The lowest BCUT2D eigenvalue weighted by Gasteiger charge is -2.10. The Kier molecular flexibility index (Phi) is 4.23. The monoisotopic (exact) mass is 259 g/mol. The number of pyridine rings is 1. The van der Waals surface area contributed by atoms with Crippen LogP contribution in [0, 0.1) is 5.82 Å². The van der Waals surface area contributed by atoms with Crippen LogP contribution >= 0.6 is 0 Å². The molecule has 0 atom stereocenters. The van der Waals surface area contributed by atoms with Crippen molar-refractivity contribution in [2.75, 3.05) is 6.61 Å². The number of carbonyl (C=O) groups is 1. The molecule has 4 heteroatoms. The Balaban J connectivity index is 2.04. The molecule has 2 rings (SSSR count). The number of Topliss-reactive ketones (excluding diaryl/α,β-unsaturated/α-hetero) is 1. The van der Waals surface area contributed by atoms with Crippen LogP contribution in [0.15, 0.2) is 42.6 Å². The molecule has 0 aliphatic heterocycles. The van der Waals surface area contributed by atoms with Crippen molar-refractivity contribution in [1.82, 2.24) is 4.98 Å². The predicted molar refractivity (Wildman–Crippen MR) is 69.8 cm³/mol. The Morgan fingerprint density at radius 2 is 2.11 bits per heavy atom. The van der Waals surface area contributed by atoms with Gasteiger partial charge in [0.2, 0.25) is 0 Å². The first-order chi connectivity index (χ1) is 9.18. The third-order valence-electron chi connectivity index (χ3n) is 2.67. The fourth-order valence-corrected chi connectivity index (χ4v) is 1.78. The van der Waals surface area contributed by atoms with Crippen LogP contribution in [-0.4, -0.2) is 17.4 Å². The number of hydrogen-bond acceptors (Lipinski definition) is 3. The van der Waals surface area contributed by atoms with Crippen LogP contribution in [0.2, 0.25) is 0 Å². The molecule has 1 heterocycles. The Morgan fingerprint density at radius 3 is 2.79 bits per heavy atom. The van der Waals surface area contributed by atoms with Gasteiger partial charge in [0.15, 0.2) is 5.78 Å². The zero-order valence-electron chi connectivity index (χ0n) is 10.6. The Hall–Kier alpha value is -2.23. The summed E-state index contributed by atoms with van der Waals surface area (Å²) in [7, 11) is 0. The van der Waals surface area contributed by atoms with E-state index in [-0.39, 0.29) is 17.1 Å². The van der Waals surface area contributed by atoms with Gasteiger partial charge in [-0.25, -0.2) is 4.39 Å². The number of halogens is 1. The average molecular weight is 259 g/mol. The molecule has 1 aromatic carbocycles. The maximum Gasteiger partial charge on any atom is 0.166 e. The second-order valence-electron chi connectivity index (χ2n) is 4.09. The number of benzene rings is 1. The SMILES string of the molecule is CC(=O)c1c(F)cccc1OCCc1ccccn1. The summed E-state index contributed by atoms with van der Waals surface area (Å²) in [5.41, 5.74) is 0.895. The van der Waals surface area contributed by atoms with Gasteiger partial charge in [0.1, 0.15) is 11.6 Å². The van der Waals surface area contributed by atoms with Crippen molar-refractivity contribution in [2.45, 2.75) is 13.3 Å². The van der Waals surface area contributed by atoms with E-state index in [1.165, 1.54) is 19.1 Å². The molecule has 0 radical (unpaired) electrons. The third kappa shape index (κ3) is 3.37. The average Bonchev–Trinajstić information content (AvgIpc) is 2.39. The highest BCUT2D eigenvalue weighted by Crippen LogP contribution is 2.22. The van der Waals surface area contributed by atoms with Crippen LogP contribution in [0.25, 0.3) is 0 Å². The Labute approximate surface area is 111 Å². The van der Waals surface area contributed by atoms with E-state index < -0.39 is 5.82 Å². The molecular formula is C15H14FNO2. The van der Waals surface area contributed by atoms with Crippen LogP contribution in [0.1, 0.15) is 23.0 Å². The molecular weight excluding hydrogens is 245 g/mol. The summed E-state index contributed by atoms with van der Waals surface area (Å²) in [4.78, 5) is 15.6. The van der Waals surface area contributed by atoms with E-state index in [9.17, 15) is 9.18 Å². The fourth-order valence-electron chi connectivity index (χ4n) is 1.78. The molecule has 0 unspecified atom stereocenters. The van der Waals surface area contributed by atoms with Gasteiger partial charge in [-0.2, -0.15) is 0 Å². The normalized spacial score (nSPS) is 10.2. The van der Waals surface area contributed by atoms with Gasteiger partial charge in [-0.05, 0) is 31.2 Å². The van der Waals surface area contributed by atoms with E-state index >= 15 is 0 Å². The second-order valence-corrected chi connectivity index (χ2v) is 4.09. The minimum Gasteiger partial charge on any atom is -0.492 e. The lowest BCUT2D eigenvalue weighted by molar-refractivity contribution is 0.101. The molecule has 1 aromatic heterocycles. The molecule has 3 nitrogen and oxygen atoms in total. The molecule has 0 saturated heterocycles. The van der Waals surface area contributed by atoms with Crippen LogP contribution in [0.5, 0.6) is 5.75 Å². The van der Waals surface area contributed by atoms with E-state index in [0.717, 1.165) is 5.69 Å². The summed E-state index contributed by atoms with van der Waals surface area (Å²) in [5.74, 6) is -0.614. The second kappa shape index (κ2) is 6.09. The summed E-state index contributed by atoms with van der Waals surface area (Å²) in [6, 6.07) is 10.00. The number of aromatic nitrogens is 1. The van der Waals surface area contributed by atoms with Gasteiger partial charge in [-0.3, -0.25) is 9.78 Å². The van der Waals surface area contributed by atoms with E-state index in [1.54, 1.807) is 12.3 Å². The first kappa shape index (κ1) is 13.2. The molecule has 19 heavy (non-hydrogen) atoms. The van der Waals surface area contributed by atoms with Crippen molar-refractivity contribution in [2.24, 2.45) is 0 Å². The zero-order valence-corrected chi connectivity index (χ0v) is 10.6. The van der Waals surface area contributed by atoms with Gasteiger partial charge in [-0.15, -0.1) is 0 Å². The summed E-state index contributed by atoms with van der Waals surface area (Å²) >= 11 is 0. The number of ether oxygens (including phenoxy) is 1. The van der Waals surface area contributed by atoms with E-state index in [2.05, 4.69) is 4.98 Å². The van der Waals surface area contributed by atoms with Gasteiger partial charge >= 0.3 is 0 Å². The molecule has 0 fully saturated rings. The smallest absolute Gasteiger partial charge is 0.166 e. The van der Waals surface area contributed by atoms with Crippen LogP contribution in [0.3, 0.4) is 0 Å². The lowest BCUT2D eigenvalue weighted by atomic mass is 10.1. The maximum absolute atomic E-state index is 13.5. The highest BCUT2D eigenvalue weighted by molar-refractivity contribution is 5.97. The Bertz CT molecular complexity index is 570. The van der Waals surface area contributed by atoms with Crippen molar-refractivity contribution in [3.63, 3.8) is 0 Å². The van der Waals surface area contributed by atoms with Gasteiger partial charge in [0, 0.05) is 18.3 Å². The van der Waals surface area contributed by atoms with E-state index in [4.69, 9.17) is 4.74 Å². The quantitative estimate of drug-likeness (QED) is 0.775. The third-order valence-corrected chi connectivity index (χ3v) is 2.67. The fraction of sp³-hybridized carbons (Fsp3) is 0.200. The van der Waals surface area contributed by atoms with Crippen molar-refractivity contribution in [3.8, 4) is 5.75 Å². The van der Waals surface area contributed by atoms with E-state index in [1.807, 2.05) is 18.2 Å². The predicted octanol–water partition coefficient (Wildman–Crippen LogP) is 3.04. The first-order valence-electron chi connectivity index (χ1n) is 6.00. The highest BCUT2D eigenvalue weighted by atomic mass is 19.1. The molecule has 0 amide bonds. The highest BCUT2D eigenvalue weighted by Gasteiger charge is 2.13. The zero-order chi connectivity index (χ0) is 13.7. The molecule has 0 saturated carbocycles. The minimum atomic E-state index is -0.553. The van der Waals surface area contributed by atoms with E-state index in [0.29, 0.717) is 13.0 Å². The molecule has 0 aliphatic carbocycles. The maximum atomic E-state index is 13.5. The summed E-state index contributed by atoms with van der Waals surface area (Å²) < 4.78 is 19.0. The van der Waals surface area contributed by atoms with Crippen molar-refractivity contribution in [1.29, 1.82) is 0 Å². The van der Waals surface area contributed by atoms with Crippen molar-refractivity contribution < 1.29 is 13.9 Å². The number of rotatable bonds is 5. The molecule has 0 aliphatic rings. The van der Waals surface area contributed by atoms with Crippen LogP contribution in [0.4, 0.5) is 4.39 Å². The molecule has 0 N–H and O–H groups in total. The molecule has 2 aromatic rings. The number of hydrogen-bond donors (Lipinski definition) is 0. The van der Waals surface area contributed by atoms with Gasteiger partial charge in [0.05, 0.1) is 12.2 Å². The summed E-state index contributed by atoms with van der Waals surface area (Å²) in [6.07, 6.45) is 2.31. The molecule has 98 valence electrons. The first-order valence-corrected chi connectivity index (χ1v) is 6.00. The van der Waals surface area contributed by atoms with Gasteiger partial charge in [0.25, 0.3) is 0 Å². The summed E-state index contributed by atoms with van der Waals surface area (Å²) in [5, 5.41) is 0. The van der Waals surface area contributed by atoms with Crippen LogP contribution < -0.4 is 4.74 Å². The Morgan fingerprint density at radius 1 is 1.26 bits per heavy atom. The molecule has 0 bridgehead atoms. The van der Waals surface area contributed by atoms with Crippen LogP contribution in [-0.2, 0) is 6.42 Å². The van der Waals surface area contributed by atoms with Crippen molar-refractivity contribution in [3.05, 3.63) is 59.7 Å². The van der Waals surface area contributed by atoms with Gasteiger partial charge < -0.3 is 4.74 Å². The number of ketones is 1. The van der Waals surface area contributed by atoms with Crippen molar-refractivity contribution >= 4 is 5.78 Å². The standard InChI is InChI=1S/C15H14FNO2/c1-11(18)15-13(16)6-4-7-14(15)19-10-8-12-5-2-3-9-17-12/h2-7,9H,8,10H2,1H3. The number of carbonyl (C=O) groups excluding carboxylic acids is 1. The largest absolute Gasteiger partial charge is 0.492 e. The number of nitrogens with zero attached hydrogens (tertiary/aromatic N) is 1. The topological polar surface area (TPSA) is 39.2 Å². The minimum absolute atomic E-state index is 0.00326. The lowest BCUT2D eigenvalue weighted by Crippen LogP contribution is -2.07. The summed E-state index contributed by atoms with van der Waals surface area (Å²) in [6.45, 7) is 1.67.